The molecule has 1 fully saturated rings. The molecule has 0 radical (unpaired) electrons. The zero-order chi connectivity index (χ0) is 20.7. The van der Waals surface area contributed by atoms with Crippen LogP contribution in [0.5, 0.6) is 0 Å². The predicted molar refractivity (Wildman–Crippen MR) is 112 cm³/mol. The lowest BCUT2D eigenvalue weighted by molar-refractivity contribution is -1.03. The monoisotopic (exact) mass is 414 g/mol. The lowest BCUT2D eigenvalue weighted by Gasteiger charge is -2.34. The minimum atomic E-state index is -3.55. The Bertz CT molecular complexity index is 916. The third kappa shape index (κ3) is 5.87. The Labute approximate surface area is 173 Å². The Kier molecular flexibility index (Phi) is 7.40. The van der Waals surface area contributed by atoms with Crippen molar-refractivity contribution >= 4 is 10.0 Å². The highest BCUT2D eigenvalue weighted by Gasteiger charge is 2.31. The van der Waals surface area contributed by atoms with Crippen LogP contribution in [-0.2, 0) is 10.0 Å². The first-order valence-electron chi connectivity index (χ1n) is 10.2. The number of sulfonamides is 1. The Balaban J connectivity index is 1.70. The van der Waals surface area contributed by atoms with Gasteiger partial charge in [0, 0.05) is 5.56 Å². The van der Waals surface area contributed by atoms with Crippen molar-refractivity contribution in [3.8, 4) is 6.07 Å². The molecule has 0 saturated carbocycles. The van der Waals surface area contributed by atoms with E-state index in [0.29, 0.717) is 17.9 Å². The van der Waals surface area contributed by atoms with Crippen LogP contribution < -0.4 is 14.5 Å². The molecule has 0 spiro atoms. The van der Waals surface area contributed by atoms with Crippen LogP contribution in [0.2, 0.25) is 0 Å². The predicted octanol–water partition coefficient (Wildman–Crippen LogP) is -0.288. The number of quaternary nitrogens is 2. The van der Waals surface area contributed by atoms with E-state index in [0.717, 1.165) is 43.9 Å². The number of nitrogens with zero attached hydrogens (tertiary/aromatic N) is 1. The quantitative estimate of drug-likeness (QED) is 0.556. The topological polar surface area (TPSA) is 78.8 Å². The van der Waals surface area contributed by atoms with Gasteiger partial charge in [0.15, 0.2) is 0 Å². The molecule has 1 heterocycles. The molecule has 154 valence electrons. The number of hydrogen-bond donors (Lipinski definition) is 3. The molecule has 0 bridgehead atoms. The smallest absolute Gasteiger partial charge is 0.240 e. The van der Waals surface area contributed by atoms with E-state index in [2.05, 4.69) is 22.9 Å². The summed E-state index contributed by atoms with van der Waals surface area (Å²) in [5.41, 5.74) is 2.18. The molecule has 2 aromatic rings. The van der Waals surface area contributed by atoms with Crippen molar-refractivity contribution in [2.75, 3.05) is 39.3 Å². The summed E-state index contributed by atoms with van der Waals surface area (Å²) in [6.45, 7) is 7.13. The normalized spacial score (nSPS) is 20.7. The molecule has 0 aromatic heterocycles. The number of aryl methyl sites for hydroxylation is 1. The van der Waals surface area contributed by atoms with Gasteiger partial charge in [-0.3, -0.25) is 0 Å². The largest absolute Gasteiger partial charge is 0.325 e. The molecule has 3 rings (SSSR count). The number of nitriles is 1. The highest BCUT2D eigenvalue weighted by atomic mass is 32.2. The standard InChI is InChI=1S/C22H28N4O2S/c1-19-8-10-21(11-9-19)29(27,28)24-18-22(20-6-3-2-4-7-20)26-16-14-25(15-17-26)13-5-12-23/h2-4,6-11,22,24H,5,13-18H2,1H3/p+2/t22-/m0/s1. The van der Waals surface area contributed by atoms with Gasteiger partial charge < -0.3 is 9.80 Å². The summed E-state index contributed by atoms with van der Waals surface area (Å²) < 4.78 is 28.4. The van der Waals surface area contributed by atoms with Crippen molar-refractivity contribution in [3.63, 3.8) is 0 Å². The van der Waals surface area contributed by atoms with Crippen LogP contribution in [0.3, 0.4) is 0 Å². The van der Waals surface area contributed by atoms with Gasteiger partial charge in [0.05, 0.1) is 30.5 Å². The minimum absolute atomic E-state index is 0.0638. The molecule has 2 aromatic carbocycles. The molecular weight excluding hydrogens is 384 g/mol. The van der Waals surface area contributed by atoms with E-state index in [4.69, 9.17) is 5.26 Å². The first-order chi connectivity index (χ1) is 14.0. The number of rotatable bonds is 8. The fourth-order valence-electron chi connectivity index (χ4n) is 3.93. The van der Waals surface area contributed by atoms with Crippen molar-refractivity contribution in [2.24, 2.45) is 0 Å². The summed E-state index contributed by atoms with van der Waals surface area (Å²) >= 11 is 0. The van der Waals surface area contributed by atoms with E-state index in [1.54, 1.807) is 12.1 Å². The van der Waals surface area contributed by atoms with Crippen molar-refractivity contribution in [3.05, 3.63) is 65.7 Å². The maximum absolute atomic E-state index is 12.8. The van der Waals surface area contributed by atoms with Gasteiger partial charge >= 0.3 is 0 Å². The van der Waals surface area contributed by atoms with Crippen molar-refractivity contribution in [2.45, 2.75) is 24.3 Å². The molecule has 1 atom stereocenters. The van der Waals surface area contributed by atoms with Crippen LogP contribution in [0.1, 0.15) is 23.6 Å². The zero-order valence-corrected chi connectivity index (χ0v) is 17.7. The first kappa shape index (κ1) is 21.5. The molecule has 0 unspecified atom stereocenters. The van der Waals surface area contributed by atoms with Gasteiger partial charge in [-0.25, -0.2) is 13.1 Å². The number of nitrogens with one attached hydrogen (secondary N) is 3. The van der Waals surface area contributed by atoms with Gasteiger partial charge in [0.1, 0.15) is 32.2 Å². The third-order valence-electron chi connectivity index (χ3n) is 5.69. The van der Waals surface area contributed by atoms with Gasteiger partial charge in [-0.1, -0.05) is 48.0 Å². The highest BCUT2D eigenvalue weighted by Crippen LogP contribution is 2.13. The Morgan fingerprint density at radius 3 is 2.31 bits per heavy atom. The van der Waals surface area contributed by atoms with Gasteiger partial charge in [0.2, 0.25) is 10.0 Å². The number of hydrogen-bond acceptors (Lipinski definition) is 3. The molecule has 3 N–H and O–H groups in total. The Morgan fingerprint density at radius 1 is 1.03 bits per heavy atom. The van der Waals surface area contributed by atoms with Crippen LogP contribution in [0.25, 0.3) is 0 Å². The Morgan fingerprint density at radius 2 is 1.69 bits per heavy atom. The second-order valence-corrected chi connectivity index (χ2v) is 9.46. The van der Waals surface area contributed by atoms with Crippen LogP contribution in [0.4, 0.5) is 0 Å². The Hall–Kier alpha value is -2.24. The second-order valence-electron chi connectivity index (χ2n) is 7.69. The van der Waals surface area contributed by atoms with E-state index in [9.17, 15) is 8.42 Å². The third-order valence-corrected chi connectivity index (χ3v) is 7.13. The minimum Gasteiger partial charge on any atom is -0.325 e. The van der Waals surface area contributed by atoms with Gasteiger partial charge in [-0.2, -0.15) is 5.26 Å². The van der Waals surface area contributed by atoms with Crippen LogP contribution in [0.15, 0.2) is 59.5 Å². The van der Waals surface area contributed by atoms with E-state index in [1.807, 2.05) is 37.3 Å². The average molecular weight is 415 g/mol. The fourth-order valence-corrected chi connectivity index (χ4v) is 4.98. The van der Waals surface area contributed by atoms with E-state index in [1.165, 1.54) is 9.80 Å². The number of benzene rings is 2. The SMILES string of the molecule is Cc1ccc(S(=O)(=O)NC[C@@H](c2ccccc2)[NH+]2CC[NH+](CCC#N)CC2)cc1. The lowest BCUT2D eigenvalue weighted by atomic mass is 10.0. The maximum atomic E-state index is 12.8. The van der Waals surface area contributed by atoms with Crippen molar-refractivity contribution in [1.29, 1.82) is 5.26 Å². The molecule has 1 aliphatic rings. The molecular formula is C22H30N4O2S+2. The number of piperazine rings is 1. The molecule has 1 aliphatic heterocycles. The summed E-state index contributed by atoms with van der Waals surface area (Å²) in [7, 11) is -3.55. The summed E-state index contributed by atoms with van der Waals surface area (Å²) in [5, 5.41) is 8.81. The van der Waals surface area contributed by atoms with Crippen LogP contribution >= 0.6 is 0 Å². The molecule has 0 amide bonds. The van der Waals surface area contributed by atoms with Gasteiger partial charge in [0.25, 0.3) is 0 Å². The van der Waals surface area contributed by atoms with Gasteiger partial charge in [-0.05, 0) is 19.1 Å². The molecule has 1 saturated heterocycles. The van der Waals surface area contributed by atoms with Crippen molar-refractivity contribution < 1.29 is 18.2 Å². The summed E-state index contributed by atoms with van der Waals surface area (Å²) in [4.78, 5) is 3.15. The zero-order valence-electron chi connectivity index (χ0n) is 16.9. The molecule has 0 aliphatic carbocycles. The average Bonchev–Trinajstić information content (AvgIpc) is 2.74. The van der Waals surface area contributed by atoms with E-state index in [-0.39, 0.29) is 6.04 Å². The van der Waals surface area contributed by atoms with Gasteiger partial charge in [-0.15, -0.1) is 0 Å². The second kappa shape index (κ2) is 9.99. The fraction of sp³-hybridized carbons (Fsp3) is 0.409. The summed E-state index contributed by atoms with van der Waals surface area (Å²) in [6.07, 6.45) is 0.586. The first-order valence-corrected chi connectivity index (χ1v) is 11.6. The lowest BCUT2D eigenvalue weighted by Crippen LogP contribution is -3.28. The molecule has 6 nitrogen and oxygen atoms in total. The molecule has 7 heteroatoms. The summed E-state index contributed by atoms with van der Waals surface area (Å²) in [6, 6.07) is 19.4. The highest BCUT2D eigenvalue weighted by molar-refractivity contribution is 7.89. The molecule has 29 heavy (non-hydrogen) atoms. The summed E-state index contributed by atoms with van der Waals surface area (Å²) in [5.74, 6) is 0. The van der Waals surface area contributed by atoms with E-state index >= 15 is 0 Å². The van der Waals surface area contributed by atoms with E-state index < -0.39 is 10.0 Å². The maximum Gasteiger partial charge on any atom is 0.240 e. The van der Waals surface area contributed by atoms with Crippen LogP contribution in [-0.4, -0.2) is 47.7 Å². The van der Waals surface area contributed by atoms with Crippen LogP contribution in [0, 0.1) is 18.3 Å². The van der Waals surface area contributed by atoms with Crippen molar-refractivity contribution in [1.82, 2.24) is 4.72 Å².